The highest BCUT2D eigenvalue weighted by Crippen LogP contribution is 2.15. The van der Waals surface area contributed by atoms with E-state index < -0.39 is 5.54 Å². The molecule has 0 aromatic rings. The Morgan fingerprint density at radius 1 is 1.41 bits per heavy atom. The van der Waals surface area contributed by atoms with Crippen molar-refractivity contribution in [1.82, 2.24) is 10.2 Å². The fourth-order valence-electron chi connectivity index (χ4n) is 1.78. The van der Waals surface area contributed by atoms with Crippen LogP contribution in [-0.4, -0.2) is 55.1 Å². The van der Waals surface area contributed by atoms with Crippen LogP contribution in [0.4, 0.5) is 0 Å². The van der Waals surface area contributed by atoms with Gasteiger partial charge in [0.1, 0.15) is 5.54 Å². The quantitative estimate of drug-likeness (QED) is 0.654. The van der Waals surface area contributed by atoms with Gasteiger partial charge in [-0.15, -0.1) is 0 Å². The number of hydrogen-bond acceptors (Lipinski definition) is 4. The van der Waals surface area contributed by atoms with E-state index in [1.54, 1.807) is 4.90 Å². The predicted octanol–water partition coefficient (Wildman–Crippen LogP) is -0.911. The van der Waals surface area contributed by atoms with Crippen LogP contribution in [0.1, 0.15) is 20.3 Å². The van der Waals surface area contributed by atoms with Crippen LogP contribution in [-0.2, 0) is 14.3 Å². The lowest BCUT2D eigenvalue weighted by Crippen LogP contribution is -2.56. The Hall–Kier alpha value is -1.14. The largest absolute Gasteiger partial charge is 0.379 e. The Morgan fingerprint density at radius 2 is 2.06 bits per heavy atom. The van der Waals surface area contributed by atoms with Crippen LogP contribution in [0.15, 0.2) is 0 Å². The van der Waals surface area contributed by atoms with Gasteiger partial charge in [-0.25, -0.2) is 0 Å². The van der Waals surface area contributed by atoms with E-state index in [9.17, 15) is 9.59 Å². The maximum atomic E-state index is 11.8. The van der Waals surface area contributed by atoms with Gasteiger partial charge < -0.3 is 20.7 Å². The third kappa shape index (κ3) is 3.41. The van der Waals surface area contributed by atoms with Crippen molar-refractivity contribution in [3.63, 3.8) is 0 Å². The summed E-state index contributed by atoms with van der Waals surface area (Å²) >= 11 is 0. The van der Waals surface area contributed by atoms with Crippen molar-refractivity contribution in [2.75, 3.05) is 32.8 Å². The molecule has 0 aromatic heterocycles. The summed E-state index contributed by atoms with van der Waals surface area (Å²) in [6, 6.07) is 0. The van der Waals surface area contributed by atoms with Gasteiger partial charge in [0.15, 0.2) is 0 Å². The second-order valence-electron chi connectivity index (χ2n) is 4.21. The van der Waals surface area contributed by atoms with Crippen LogP contribution < -0.4 is 11.1 Å². The first-order chi connectivity index (χ1) is 8.03. The predicted molar refractivity (Wildman–Crippen MR) is 63.3 cm³/mol. The summed E-state index contributed by atoms with van der Waals surface area (Å²) in [5, 5.41) is 2.58. The molecule has 17 heavy (non-hydrogen) atoms. The van der Waals surface area contributed by atoms with Crippen molar-refractivity contribution in [3.8, 4) is 0 Å². The fourth-order valence-corrected chi connectivity index (χ4v) is 1.78. The van der Waals surface area contributed by atoms with E-state index in [-0.39, 0.29) is 25.0 Å². The molecule has 0 saturated carbocycles. The third-order valence-corrected chi connectivity index (χ3v) is 3.02. The molecule has 1 fully saturated rings. The van der Waals surface area contributed by atoms with Crippen molar-refractivity contribution in [3.05, 3.63) is 0 Å². The molecular weight excluding hydrogens is 222 g/mol. The minimum atomic E-state index is -0.969. The van der Waals surface area contributed by atoms with E-state index in [2.05, 4.69) is 5.32 Å². The van der Waals surface area contributed by atoms with Crippen LogP contribution >= 0.6 is 0 Å². The summed E-state index contributed by atoms with van der Waals surface area (Å²) in [6.45, 7) is 5.80. The summed E-state index contributed by atoms with van der Waals surface area (Å²) in [6.07, 6.45) is 0.498. The maximum Gasteiger partial charge on any atom is 0.243 e. The number of hydrogen-bond donors (Lipinski definition) is 2. The van der Waals surface area contributed by atoms with Gasteiger partial charge in [0.25, 0.3) is 0 Å². The van der Waals surface area contributed by atoms with E-state index in [1.807, 2.05) is 13.8 Å². The molecule has 1 unspecified atom stereocenters. The van der Waals surface area contributed by atoms with Crippen molar-refractivity contribution in [2.45, 2.75) is 25.8 Å². The van der Waals surface area contributed by atoms with Gasteiger partial charge in [-0.2, -0.15) is 0 Å². The number of amides is 2. The number of carbonyl (C=O) groups excluding carboxylic acids is 2. The van der Waals surface area contributed by atoms with Crippen LogP contribution in [0.2, 0.25) is 0 Å². The van der Waals surface area contributed by atoms with Gasteiger partial charge in [0, 0.05) is 19.7 Å². The number of nitrogens with two attached hydrogens (primary N) is 1. The van der Waals surface area contributed by atoms with Gasteiger partial charge in [0.05, 0.1) is 13.2 Å². The molecule has 1 saturated heterocycles. The molecule has 98 valence electrons. The number of nitrogens with zero attached hydrogens (tertiary/aromatic N) is 1. The van der Waals surface area contributed by atoms with E-state index in [0.717, 1.165) is 0 Å². The Morgan fingerprint density at radius 3 is 2.53 bits per heavy atom. The lowest BCUT2D eigenvalue weighted by Gasteiger charge is -2.23. The Labute approximate surface area is 101 Å². The molecule has 3 N–H and O–H groups in total. The summed E-state index contributed by atoms with van der Waals surface area (Å²) < 4.78 is 5.10. The molecule has 0 spiro atoms. The second-order valence-corrected chi connectivity index (χ2v) is 4.21. The standard InChI is InChI=1S/C11H21N3O3/c1-3-14(4-2)9(15)7-13-10(16)11(12)5-6-17-8-11/h3-8,12H2,1-2H3,(H,13,16). The van der Waals surface area contributed by atoms with E-state index >= 15 is 0 Å². The molecule has 1 atom stereocenters. The molecule has 6 nitrogen and oxygen atoms in total. The highest BCUT2D eigenvalue weighted by molar-refractivity contribution is 5.90. The Kier molecular flexibility index (Phi) is 4.89. The summed E-state index contributed by atoms with van der Waals surface area (Å²) in [4.78, 5) is 25.1. The van der Waals surface area contributed by atoms with Crippen LogP contribution in [0.3, 0.4) is 0 Å². The third-order valence-electron chi connectivity index (χ3n) is 3.02. The molecule has 0 radical (unpaired) electrons. The zero-order valence-electron chi connectivity index (χ0n) is 10.5. The minimum absolute atomic E-state index is 0.000532. The van der Waals surface area contributed by atoms with Gasteiger partial charge in [-0.05, 0) is 20.3 Å². The van der Waals surface area contributed by atoms with Crippen molar-refractivity contribution in [2.24, 2.45) is 5.73 Å². The number of likely N-dealkylation sites (N-methyl/N-ethyl adjacent to an activating group) is 1. The van der Waals surface area contributed by atoms with Gasteiger partial charge >= 0.3 is 0 Å². The van der Waals surface area contributed by atoms with Crippen LogP contribution in [0, 0.1) is 0 Å². The molecular formula is C11H21N3O3. The number of ether oxygens (including phenoxy) is 1. The summed E-state index contributed by atoms with van der Waals surface area (Å²) in [5.74, 6) is -0.402. The molecule has 0 aromatic carbocycles. The van der Waals surface area contributed by atoms with E-state index in [0.29, 0.717) is 26.1 Å². The maximum absolute atomic E-state index is 11.8. The smallest absolute Gasteiger partial charge is 0.243 e. The SMILES string of the molecule is CCN(CC)C(=O)CNC(=O)C1(N)CCOC1. The number of rotatable bonds is 5. The molecule has 2 amide bonds. The highest BCUT2D eigenvalue weighted by Gasteiger charge is 2.38. The molecule has 1 rings (SSSR count). The molecule has 6 heteroatoms. The fraction of sp³-hybridized carbons (Fsp3) is 0.818. The molecule has 0 aliphatic carbocycles. The van der Waals surface area contributed by atoms with Crippen molar-refractivity contribution in [1.29, 1.82) is 0 Å². The molecule has 1 aliphatic heterocycles. The lowest BCUT2D eigenvalue weighted by atomic mass is 9.99. The minimum Gasteiger partial charge on any atom is -0.379 e. The average Bonchev–Trinajstić information content (AvgIpc) is 2.76. The van der Waals surface area contributed by atoms with Gasteiger partial charge in [-0.3, -0.25) is 9.59 Å². The van der Waals surface area contributed by atoms with E-state index in [1.165, 1.54) is 0 Å². The molecule has 0 bridgehead atoms. The highest BCUT2D eigenvalue weighted by atomic mass is 16.5. The summed E-state index contributed by atoms with van der Waals surface area (Å²) in [7, 11) is 0. The Balaban J connectivity index is 2.40. The van der Waals surface area contributed by atoms with Crippen LogP contribution in [0.25, 0.3) is 0 Å². The van der Waals surface area contributed by atoms with E-state index in [4.69, 9.17) is 10.5 Å². The summed E-state index contributed by atoms with van der Waals surface area (Å²) in [5.41, 5.74) is 4.90. The number of nitrogens with one attached hydrogen (secondary N) is 1. The number of carbonyl (C=O) groups is 2. The van der Waals surface area contributed by atoms with Crippen LogP contribution in [0.5, 0.6) is 0 Å². The average molecular weight is 243 g/mol. The lowest BCUT2D eigenvalue weighted by molar-refractivity contribution is -0.134. The second kappa shape index (κ2) is 5.97. The van der Waals surface area contributed by atoms with Gasteiger partial charge in [0.2, 0.25) is 11.8 Å². The normalized spacial score (nSPS) is 23.5. The van der Waals surface area contributed by atoms with Crippen molar-refractivity contribution >= 4 is 11.8 Å². The molecule has 1 aliphatic rings. The first kappa shape index (κ1) is 13.9. The first-order valence-electron chi connectivity index (χ1n) is 5.96. The van der Waals surface area contributed by atoms with Crippen molar-refractivity contribution < 1.29 is 14.3 Å². The zero-order valence-corrected chi connectivity index (χ0v) is 10.5. The zero-order chi connectivity index (χ0) is 12.9. The Bertz CT molecular complexity index is 284. The van der Waals surface area contributed by atoms with Gasteiger partial charge in [-0.1, -0.05) is 0 Å². The monoisotopic (exact) mass is 243 g/mol. The first-order valence-corrected chi connectivity index (χ1v) is 5.96. The molecule has 1 heterocycles. The topological polar surface area (TPSA) is 84.7 Å².